The molecule has 0 saturated heterocycles. The Kier molecular flexibility index (Phi) is 10.6. The summed E-state index contributed by atoms with van der Waals surface area (Å²) in [5, 5.41) is 3.36. The molecule has 0 radical (unpaired) electrons. The van der Waals surface area contributed by atoms with Crippen molar-refractivity contribution in [1.29, 1.82) is 0 Å². The quantitative estimate of drug-likeness (QED) is 0.442. The molecule has 0 saturated carbocycles. The zero-order valence-electron chi connectivity index (χ0n) is 14.7. The third-order valence-corrected chi connectivity index (χ3v) is 3.46. The molecule has 0 amide bonds. The van der Waals surface area contributed by atoms with Crippen molar-refractivity contribution in [2.24, 2.45) is 0 Å². The van der Waals surface area contributed by atoms with Crippen molar-refractivity contribution in [3.05, 3.63) is 0 Å². The van der Waals surface area contributed by atoms with E-state index in [-0.39, 0.29) is 12.0 Å². The molecule has 5 heteroatoms. The SMILES string of the molecule is CCOCCN(CC)CCC(C)(NC(C)C)C(=O)OCC. The summed E-state index contributed by atoms with van der Waals surface area (Å²) in [4.78, 5) is 14.5. The Bertz CT molecular complexity index is 285. The van der Waals surface area contributed by atoms with E-state index < -0.39 is 5.54 Å². The van der Waals surface area contributed by atoms with Gasteiger partial charge in [-0.1, -0.05) is 6.92 Å². The van der Waals surface area contributed by atoms with Crippen LogP contribution in [-0.4, -0.2) is 61.9 Å². The number of carbonyl (C=O) groups excluding carboxylic acids is 1. The lowest BCUT2D eigenvalue weighted by atomic mass is 9.96. The summed E-state index contributed by atoms with van der Waals surface area (Å²) in [6.07, 6.45) is 0.726. The van der Waals surface area contributed by atoms with Crippen molar-refractivity contribution in [1.82, 2.24) is 10.2 Å². The Morgan fingerprint density at radius 1 is 1.19 bits per heavy atom. The maximum atomic E-state index is 12.2. The maximum absolute atomic E-state index is 12.2. The van der Waals surface area contributed by atoms with Crippen LogP contribution >= 0.6 is 0 Å². The Labute approximate surface area is 130 Å². The first-order valence-corrected chi connectivity index (χ1v) is 8.14. The molecular formula is C16H34N2O3. The fraction of sp³-hybridized carbons (Fsp3) is 0.938. The number of hydrogen-bond donors (Lipinski definition) is 1. The van der Waals surface area contributed by atoms with E-state index in [9.17, 15) is 4.79 Å². The summed E-state index contributed by atoms with van der Waals surface area (Å²) in [5.74, 6) is -0.167. The van der Waals surface area contributed by atoms with Gasteiger partial charge in [-0.25, -0.2) is 0 Å². The molecular weight excluding hydrogens is 268 g/mol. The van der Waals surface area contributed by atoms with Crippen molar-refractivity contribution in [2.75, 3.05) is 39.5 Å². The molecule has 0 aliphatic carbocycles. The fourth-order valence-electron chi connectivity index (χ4n) is 2.31. The maximum Gasteiger partial charge on any atom is 0.326 e. The average molecular weight is 302 g/mol. The summed E-state index contributed by atoms with van der Waals surface area (Å²) in [7, 11) is 0. The zero-order chi connectivity index (χ0) is 16.3. The largest absolute Gasteiger partial charge is 0.465 e. The highest BCUT2D eigenvalue weighted by Crippen LogP contribution is 2.14. The van der Waals surface area contributed by atoms with E-state index in [1.807, 2.05) is 34.6 Å². The Morgan fingerprint density at radius 3 is 2.33 bits per heavy atom. The van der Waals surface area contributed by atoms with E-state index >= 15 is 0 Å². The summed E-state index contributed by atoms with van der Waals surface area (Å²) in [5.41, 5.74) is -0.636. The summed E-state index contributed by atoms with van der Waals surface area (Å²) >= 11 is 0. The van der Waals surface area contributed by atoms with Crippen LogP contribution in [0.5, 0.6) is 0 Å². The van der Waals surface area contributed by atoms with Gasteiger partial charge >= 0.3 is 5.97 Å². The topological polar surface area (TPSA) is 50.8 Å². The summed E-state index contributed by atoms with van der Waals surface area (Å²) < 4.78 is 10.6. The van der Waals surface area contributed by atoms with Gasteiger partial charge in [-0.05, 0) is 47.6 Å². The first-order chi connectivity index (χ1) is 9.89. The molecule has 0 bridgehead atoms. The normalized spacial score (nSPS) is 14.5. The molecule has 5 nitrogen and oxygen atoms in total. The molecule has 0 aromatic rings. The van der Waals surface area contributed by atoms with Gasteiger partial charge in [-0.3, -0.25) is 10.1 Å². The van der Waals surface area contributed by atoms with E-state index in [0.717, 1.165) is 39.3 Å². The Hall–Kier alpha value is -0.650. The molecule has 126 valence electrons. The van der Waals surface area contributed by atoms with Crippen LogP contribution in [0.25, 0.3) is 0 Å². The van der Waals surface area contributed by atoms with Gasteiger partial charge in [-0.2, -0.15) is 0 Å². The third-order valence-electron chi connectivity index (χ3n) is 3.46. The number of rotatable bonds is 12. The smallest absolute Gasteiger partial charge is 0.326 e. The lowest BCUT2D eigenvalue weighted by Gasteiger charge is -2.33. The molecule has 0 aliphatic heterocycles. The first kappa shape index (κ1) is 20.3. The van der Waals surface area contributed by atoms with Crippen molar-refractivity contribution < 1.29 is 14.3 Å². The van der Waals surface area contributed by atoms with E-state index in [1.54, 1.807) is 0 Å². The minimum Gasteiger partial charge on any atom is -0.465 e. The Morgan fingerprint density at radius 2 is 1.86 bits per heavy atom. The zero-order valence-corrected chi connectivity index (χ0v) is 14.7. The van der Waals surface area contributed by atoms with Gasteiger partial charge in [0.25, 0.3) is 0 Å². The number of hydrogen-bond acceptors (Lipinski definition) is 5. The van der Waals surface area contributed by atoms with Crippen molar-refractivity contribution in [3.63, 3.8) is 0 Å². The molecule has 1 unspecified atom stereocenters. The van der Waals surface area contributed by atoms with Crippen molar-refractivity contribution >= 4 is 5.97 Å². The lowest BCUT2D eigenvalue weighted by Crippen LogP contribution is -2.54. The van der Waals surface area contributed by atoms with E-state index in [2.05, 4.69) is 17.1 Å². The summed E-state index contributed by atoms with van der Waals surface area (Å²) in [6.45, 7) is 16.6. The molecule has 1 atom stereocenters. The molecule has 0 aromatic heterocycles. The molecule has 0 spiro atoms. The highest BCUT2D eigenvalue weighted by atomic mass is 16.5. The number of nitrogens with one attached hydrogen (secondary N) is 1. The second-order valence-electron chi connectivity index (χ2n) is 5.73. The molecule has 0 rings (SSSR count). The predicted octanol–water partition coefficient (Wildman–Crippen LogP) is 2.05. The number of likely N-dealkylation sites (N-methyl/N-ethyl adjacent to an activating group) is 1. The number of nitrogens with zero attached hydrogens (tertiary/aromatic N) is 1. The van der Waals surface area contributed by atoms with Gasteiger partial charge in [-0.15, -0.1) is 0 Å². The standard InChI is InChI=1S/C16H34N2O3/c1-7-18(12-13-20-8-2)11-10-16(6,17-14(4)5)15(19)21-9-3/h14,17H,7-13H2,1-6H3. The Balaban J connectivity index is 4.54. The number of ether oxygens (including phenoxy) is 2. The highest BCUT2D eigenvalue weighted by molar-refractivity contribution is 5.80. The fourth-order valence-corrected chi connectivity index (χ4v) is 2.31. The van der Waals surface area contributed by atoms with Gasteiger partial charge in [0, 0.05) is 25.7 Å². The minimum absolute atomic E-state index is 0.167. The highest BCUT2D eigenvalue weighted by Gasteiger charge is 2.35. The van der Waals surface area contributed by atoms with Crippen LogP contribution < -0.4 is 5.32 Å². The number of esters is 1. The molecule has 0 fully saturated rings. The van der Waals surface area contributed by atoms with E-state index in [0.29, 0.717) is 6.61 Å². The lowest BCUT2D eigenvalue weighted by molar-refractivity contribution is -0.151. The molecule has 0 aliphatic rings. The van der Waals surface area contributed by atoms with Gasteiger partial charge < -0.3 is 14.4 Å². The predicted molar refractivity (Wildman–Crippen MR) is 86.5 cm³/mol. The van der Waals surface area contributed by atoms with Crippen molar-refractivity contribution in [3.8, 4) is 0 Å². The van der Waals surface area contributed by atoms with Crippen LogP contribution in [-0.2, 0) is 14.3 Å². The molecule has 1 N–H and O–H groups in total. The third kappa shape index (κ3) is 8.39. The van der Waals surface area contributed by atoms with Crippen LogP contribution in [0.4, 0.5) is 0 Å². The average Bonchev–Trinajstić information content (AvgIpc) is 2.42. The second-order valence-corrected chi connectivity index (χ2v) is 5.73. The first-order valence-electron chi connectivity index (χ1n) is 8.14. The summed E-state index contributed by atoms with van der Waals surface area (Å²) in [6, 6.07) is 0.234. The van der Waals surface area contributed by atoms with Crippen molar-refractivity contribution in [2.45, 2.75) is 59.5 Å². The minimum atomic E-state index is -0.636. The van der Waals surface area contributed by atoms with Crippen LogP contribution in [0.3, 0.4) is 0 Å². The van der Waals surface area contributed by atoms with Gasteiger partial charge in [0.15, 0.2) is 0 Å². The van der Waals surface area contributed by atoms with E-state index in [4.69, 9.17) is 9.47 Å². The van der Waals surface area contributed by atoms with E-state index in [1.165, 1.54) is 0 Å². The van der Waals surface area contributed by atoms with Crippen LogP contribution in [0.1, 0.15) is 48.0 Å². The monoisotopic (exact) mass is 302 g/mol. The number of carbonyl (C=O) groups is 1. The van der Waals surface area contributed by atoms with Gasteiger partial charge in [0.05, 0.1) is 13.2 Å². The van der Waals surface area contributed by atoms with Crippen LogP contribution in [0.15, 0.2) is 0 Å². The van der Waals surface area contributed by atoms with Gasteiger partial charge in [0.1, 0.15) is 5.54 Å². The molecule has 0 heterocycles. The van der Waals surface area contributed by atoms with Crippen LogP contribution in [0.2, 0.25) is 0 Å². The van der Waals surface area contributed by atoms with Gasteiger partial charge in [0.2, 0.25) is 0 Å². The molecule has 0 aromatic carbocycles. The molecule has 21 heavy (non-hydrogen) atoms. The van der Waals surface area contributed by atoms with Crippen LogP contribution in [0, 0.1) is 0 Å². The second kappa shape index (κ2) is 11.0.